The maximum Gasteiger partial charge on any atom is 0.101 e. The van der Waals surface area contributed by atoms with E-state index < -0.39 is 12.2 Å². The average molecular weight is 373 g/mol. The summed E-state index contributed by atoms with van der Waals surface area (Å²) in [7, 11) is 0. The summed E-state index contributed by atoms with van der Waals surface area (Å²) in [6.07, 6.45) is 0.954. The molecule has 1 saturated heterocycles. The van der Waals surface area contributed by atoms with E-state index >= 15 is 0 Å². The predicted molar refractivity (Wildman–Crippen MR) is 98.1 cm³/mol. The molecule has 1 aliphatic heterocycles. The Kier molecular flexibility index (Phi) is 8.03. The molecule has 5 atom stereocenters. The van der Waals surface area contributed by atoms with Gasteiger partial charge in [-0.3, -0.25) is 0 Å². The monoisotopic (exact) mass is 373 g/mol. The third-order valence-corrected chi connectivity index (χ3v) is 5.07. The van der Waals surface area contributed by atoms with Crippen LogP contribution >= 0.6 is 0 Å². The Morgan fingerprint density at radius 2 is 1.69 bits per heavy atom. The highest BCUT2D eigenvalue weighted by Crippen LogP contribution is 2.57. The lowest BCUT2D eigenvalue weighted by Crippen LogP contribution is -2.32. The molecule has 0 amide bonds. The first-order chi connectivity index (χ1) is 12.3. The summed E-state index contributed by atoms with van der Waals surface area (Å²) < 4.78 is 21.9. The lowest BCUT2D eigenvalue weighted by atomic mass is 10.1. The van der Waals surface area contributed by atoms with Crippen LogP contribution in [0.25, 0.3) is 0 Å². The highest BCUT2D eigenvalue weighted by molar-refractivity contribution is 5.35. The molecule has 0 spiro atoms. The molecule has 1 aliphatic carbocycles. The van der Waals surface area contributed by atoms with Gasteiger partial charge in [0.15, 0.2) is 0 Å². The number of hydrogen-bond acceptors (Lipinski definition) is 7. The maximum absolute atomic E-state index is 9.84. The van der Waals surface area contributed by atoms with E-state index in [0.29, 0.717) is 30.7 Å². The van der Waals surface area contributed by atoms with E-state index in [2.05, 4.69) is 32.7 Å². The first-order valence-electron chi connectivity index (χ1n) is 9.40. The third-order valence-electron chi connectivity index (χ3n) is 5.07. The average Bonchev–Trinajstić information content (AvgIpc) is 3.40. The molecule has 7 heteroatoms. The van der Waals surface area contributed by atoms with Crippen molar-refractivity contribution in [2.75, 3.05) is 46.2 Å². The Morgan fingerprint density at radius 3 is 2.23 bits per heavy atom. The summed E-state index contributed by atoms with van der Waals surface area (Å²) in [6, 6.07) is 0.664. The van der Waals surface area contributed by atoms with E-state index in [4.69, 9.17) is 18.9 Å². The van der Waals surface area contributed by atoms with Gasteiger partial charge < -0.3 is 34.5 Å². The molecule has 7 nitrogen and oxygen atoms in total. The SMILES string of the molecule is C=CCOCC(O)COCC(O)COCCC(C)(C)OCC1C2NC12C. The molecule has 26 heavy (non-hydrogen) atoms. The summed E-state index contributed by atoms with van der Waals surface area (Å²) in [4.78, 5) is 0. The van der Waals surface area contributed by atoms with Crippen molar-refractivity contribution < 1.29 is 29.2 Å². The van der Waals surface area contributed by atoms with E-state index in [-0.39, 0.29) is 32.0 Å². The molecule has 152 valence electrons. The zero-order chi connectivity index (χ0) is 19.2. The van der Waals surface area contributed by atoms with Crippen LogP contribution in [0.2, 0.25) is 0 Å². The number of aliphatic hydroxyl groups excluding tert-OH is 2. The van der Waals surface area contributed by atoms with Crippen LogP contribution in [0.5, 0.6) is 0 Å². The van der Waals surface area contributed by atoms with Gasteiger partial charge in [-0.1, -0.05) is 6.08 Å². The zero-order valence-corrected chi connectivity index (χ0v) is 16.3. The van der Waals surface area contributed by atoms with Crippen LogP contribution in [-0.4, -0.2) is 85.9 Å². The summed E-state index contributed by atoms with van der Waals surface area (Å²) in [6.45, 7) is 12.2. The van der Waals surface area contributed by atoms with Crippen molar-refractivity contribution in [3.05, 3.63) is 12.7 Å². The fourth-order valence-electron chi connectivity index (χ4n) is 2.92. The summed E-state index contributed by atoms with van der Waals surface area (Å²) in [5.74, 6) is 0.652. The smallest absolute Gasteiger partial charge is 0.101 e. The minimum absolute atomic E-state index is 0.116. The van der Waals surface area contributed by atoms with Gasteiger partial charge >= 0.3 is 0 Å². The Balaban J connectivity index is 1.42. The highest BCUT2D eigenvalue weighted by atomic mass is 16.5. The maximum atomic E-state index is 9.84. The quantitative estimate of drug-likeness (QED) is 0.206. The van der Waals surface area contributed by atoms with Gasteiger partial charge in [0.2, 0.25) is 0 Å². The van der Waals surface area contributed by atoms with Crippen LogP contribution in [0.3, 0.4) is 0 Å². The topological polar surface area (TPSA) is 99.3 Å². The second kappa shape index (κ2) is 9.59. The standard InChI is InChI=1S/C19H35NO6/c1-5-7-23-9-14(21)11-25-12-15(22)10-24-8-6-18(2,3)26-13-16-17-19(16,4)20-17/h5,14-17,20-22H,1,6-13H2,2-4H3. The van der Waals surface area contributed by atoms with Gasteiger partial charge in [0.1, 0.15) is 12.2 Å². The van der Waals surface area contributed by atoms with Crippen LogP contribution < -0.4 is 5.32 Å². The van der Waals surface area contributed by atoms with Crippen LogP contribution in [0, 0.1) is 5.92 Å². The molecule has 3 N–H and O–H groups in total. The molecule has 0 bridgehead atoms. The molecule has 0 aromatic heterocycles. The molecule has 5 unspecified atom stereocenters. The van der Waals surface area contributed by atoms with Crippen molar-refractivity contribution in [2.45, 2.75) is 56.6 Å². The number of fused-ring (bicyclic) bond motifs is 1. The lowest BCUT2D eigenvalue weighted by molar-refractivity contribution is -0.0713. The largest absolute Gasteiger partial charge is 0.388 e. The van der Waals surface area contributed by atoms with Crippen LogP contribution in [0.4, 0.5) is 0 Å². The van der Waals surface area contributed by atoms with Crippen molar-refractivity contribution in [1.82, 2.24) is 5.32 Å². The Morgan fingerprint density at radius 1 is 1.12 bits per heavy atom. The highest BCUT2D eigenvalue weighted by Gasteiger charge is 2.75. The van der Waals surface area contributed by atoms with Gasteiger partial charge in [-0.25, -0.2) is 0 Å². The fraction of sp³-hybridized carbons (Fsp3) is 0.895. The molecule has 2 rings (SSSR count). The molecule has 0 radical (unpaired) electrons. The van der Waals surface area contributed by atoms with E-state index in [9.17, 15) is 10.2 Å². The summed E-state index contributed by atoms with van der Waals surface area (Å²) in [5, 5.41) is 22.8. The number of aliphatic hydroxyl groups is 2. The van der Waals surface area contributed by atoms with Gasteiger partial charge in [0.05, 0.1) is 45.2 Å². The summed E-state index contributed by atoms with van der Waals surface area (Å²) in [5.41, 5.74) is 0.116. The van der Waals surface area contributed by atoms with Crippen LogP contribution in [-0.2, 0) is 18.9 Å². The van der Waals surface area contributed by atoms with Crippen molar-refractivity contribution in [3.8, 4) is 0 Å². The Bertz CT molecular complexity index is 446. The molecule has 1 saturated carbocycles. The zero-order valence-electron chi connectivity index (χ0n) is 16.3. The third kappa shape index (κ3) is 6.88. The number of ether oxygens (including phenoxy) is 4. The van der Waals surface area contributed by atoms with E-state index in [1.165, 1.54) is 0 Å². The molecular formula is C19H35NO6. The first kappa shape index (κ1) is 21.8. The van der Waals surface area contributed by atoms with Crippen molar-refractivity contribution in [3.63, 3.8) is 0 Å². The van der Waals surface area contributed by atoms with Gasteiger partial charge in [-0.05, 0) is 27.2 Å². The second-order valence-corrected chi connectivity index (χ2v) is 8.08. The van der Waals surface area contributed by atoms with Gasteiger partial charge in [0, 0.05) is 24.1 Å². The normalized spacial score (nSPS) is 29.1. The fourth-order valence-corrected chi connectivity index (χ4v) is 2.92. The second-order valence-electron chi connectivity index (χ2n) is 8.08. The van der Waals surface area contributed by atoms with E-state index in [0.717, 1.165) is 13.0 Å². The molecule has 2 fully saturated rings. The van der Waals surface area contributed by atoms with Crippen molar-refractivity contribution in [2.24, 2.45) is 5.92 Å². The number of nitrogens with one attached hydrogen (secondary N) is 1. The first-order valence-corrected chi connectivity index (χ1v) is 9.40. The number of hydrogen-bond donors (Lipinski definition) is 3. The van der Waals surface area contributed by atoms with Gasteiger partial charge in [-0.15, -0.1) is 6.58 Å². The molecule has 0 aromatic rings. The van der Waals surface area contributed by atoms with E-state index in [1.54, 1.807) is 6.08 Å². The molecule has 2 aliphatic rings. The van der Waals surface area contributed by atoms with E-state index in [1.807, 2.05) is 0 Å². The predicted octanol–water partition coefficient (Wildman–Crippen LogP) is 0.490. The minimum Gasteiger partial charge on any atom is -0.388 e. The molecule has 0 aromatic carbocycles. The van der Waals surface area contributed by atoms with Crippen LogP contribution in [0.15, 0.2) is 12.7 Å². The number of rotatable bonds is 16. The van der Waals surface area contributed by atoms with Gasteiger partial charge in [0.25, 0.3) is 0 Å². The van der Waals surface area contributed by atoms with Crippen molar-refractivity contribution >= 4 is 0 Å². The van der Waals surface area contributed by atoms with Crippen molar-refractivity contribution in [1.29, 1.82) is 0 Å². The summed E-state index contributed by atoms with van der Waals surface area (Å²) >= 11 is 0. The Labute approximate surface area is 156 Å². The molecular weight excluding hydrogens is 338 g/mol. The lowest BCUT2D eigenvalue weighted by Gasteiger charge is -2.26. The molecule has 1 heterocycles. The Hall–Kier alpha value is -0.540. The van der Waals surface area contributed by atoms with Gasteiger partial charge in [-0.2, -0.15) is 0 Å². The minimum atomic E-state index is -0.718. The van der Waals surface area contributed by atoms with Crippen LogP contribution in [0.1, 0.15) is 27.2 Å².